The van der Waals surface area contributed by atoms with E-state index in [4.69, 9.17) is 16.3 Å². The molecule has 1 atom stereocenters. The summed E-state index contributed by atoms with van der Waals surface area (Å²) in [5.41, 5.74) is -0.617. The fourth-order valence-electron chi connectivity index (χ4n) is 3.83. The fraction of sp³-hybridized carbons (Fsp3) is 0.280. The van der Waals surface area contributed by atoms with Crippen molar-refractivity contribution >= 4 is 33.2 Å². The molecule has 2 aromatic carbocycles. The van der Waals surface area contributed by atoms with Crippen LogP contribution >= 0.6 is 22.9 Å². The average molecular weight is 555 g/mol. The van der Waals surface area contributed by atoms with Crippen molar-refractivity contribution < 1.29 is 27.8 Å². The number of thiophene rings is 1. The Kier molecular flexibility index (Phi) is 7.67. The number of aliphatic hydroxyl groups excluding tert-OH is 1. The Bertz CT molecular complexity index is 1540. The molecule has 0 aliphatic rings. The number of rotatable bonds is 8. The molecule has 0 saturated heterocycles. The second-order valence-electron chi connectivity index (χ2n) is 8.21. The van der Waals surface area contributed by atoms with Gasteiger partial charge in [-0.2, -0.15) is 0 Å². The van der Waals surface area contributed by atoms with Gasteiger partial charge in [0.2, 0.25) is 0 Å². The molecule has 0 aliphatic carbocycles. The van der Waals surface area contributed by atoms with Gasteiger partial charge in [0, 0.05) is 24.7 Å². The van der Waals surface area contributed by atoms with E-state index < -0.39 is 29.5 Å². The van der Waals surface area contributed by atoms with Crippen molar-refractivity contribution in [1.29, 1.82) is 0 Å². The minimum Gasteiger partial charge on any atom is -0.446 e. The Balaban J connectivity index is 1.92. The summed E-state index contributed by atoms with van der Waals surface area (Å²) in [7, 11) is 1.50. The minimum absolute atomic E-state index is 0.0193. The zero-order valence-electron chi connectivity index (χ0n) is 19.7. The number of fused-ring (bicyclic) bond motifs is 1. The van der Waals surface area contributed by atoms with Gasteiger partial charge in [-0.25, -0.2) is 4.79 Å². The number of halogens is 4. The van der Waals surface area contributed by atoms with Crippen molar-refractivity contribution in [3.63, 3.8) is 0 Å². The average Bonchev–Trinajstić information content (AvgIpc) is 3.21. The van der Waals surface area contributed by atoms with E-state index in [0.717, 1.165) is 34.5 Å². The van der Waals surface area contributed by atoms with E-state index >= 15 is 0 Å². The predicted molar refractivity (Wildman–Crippen MR) is 135 cm³/mol. The number of ether oxygens (including phenoxy) is 2. The molecule has 4 aromatic rings. The van der Waals surface area contributed by atoms with Gasteiger partial charge in [0.15, 0.2) is 5.06 Å². The first-order valence-electron chi connectivity index (χ1n) is 11.2. The lowest BCUT2D eigenvalue weighted by atomic mass is 10.0. The molecule has 0 aliphatic heterocycles. The Morgan fingerprint density at radius 2 is 1.78 bits per heavy atom. The van der Waals surface area contributed by atoms with Gasteiger partial charge in [0.1, 0.15) is 22.4 Å². The molecular formula is C25H22ClF3N2O5S. The highest BCUT2D eigenvalue weighted by Crippen LogP contribution is 2.44. The highest BCUT2D eigenvalue weighted by molar-refractivity contribution is 7.20. The van der Waals surface area contributed by atoms with Crippen LogP contribution in [0.3, 0.4) is 0 Å². The Labute approximate surface area is 217 Å². The molecule has 196 valence electrons. The molecule has 37 heavy (non-hydrogen) atoms. The molecule has 12 heteroatoms. The summed E-state index contributed by atoms with van der Waals surface area (Å²) in [5.74, 6) is -0.519. The SMILES string of the molecule is CCCCn1c(=O)c2c(C(O)c3ccc(Cl)cc3)c(Oc3cccc(OC(F)(F)F)c3)sc2n(C)c1=O. The topological polar surface area (TPSA) is 82.7 Å². The van der Waals surface area contributed by atoms with Crippen molar-refractivity contribution in [2.75, 3.05) is 0 Å². The number of aliphatic hydroxyl groups is 1. The summed E-state index contributed by atoms with van der Waals surface area (Å²) < 4.78 is 50.4. The van der Waals surface area contributed by atoms with Crippen LogP contribution in [0, 0.1) is 0 Å². The van der Waals surface area contributed by atoms with Crippen molar-refractivity contribution in [1.82, 2.24) is 9.13 Å². The summed E-state index contributed by atoms with van der Waals surface area (Å²) in [4.78, 5) is 26.7. The van der Waals surface area contributed by atoms with Gasteiger partial charge in [-0.3, -0.25) is 13.9 Å². The maximum Gasteiger partial charge on any atom is 0.573 e. The maximum absolute atomic E-state index is 13.5. The molecule has 0 bridgehead atoms. The van der Waals surface area contributed by atoms with E-state index in [1.165, 1.54) is 23.7 Å². The molecule has 4 rings (SSSR count). The van der Waals surface area contributed by atoms with E-state index in [2.05, 4.69) is 4.74 Å². The number of alkyl halides is 3. The van der Waals surface area contributed by atoms with Crippen LogP contribution in [0.4, 0.5) is 13.2 Å². The number of nitrogens with zero attached hydrogens (tertiary/aromatic N) is 2. The van der Waals surface area contributed by atoms with Gasteiger partial charge >= 0.3 is 12.1 Å². The summed E-state index contributed by atoms with van der Waals surface area (Å²) in [6.45, 7) is 2.12. The first kappa shape index (κ1) is 26.8. The van der Waals surface area contributed by atoms with Crippen LogP contribution in [0.25, 0.3) is 10.2 Å². The van der Waals surface area contributed by atoms with E-state index in [-0.39, 0.29) is 33.1 Å². The van der Waals surface area contributed by atoms with Gasteiger partial charge in [-0.15, -0.1) is 13.2 Å². The van der Waals surface area contributed by atoms with Crippen LogP contribution in [0.5, 0.6) is 16.6 Å². The highest BCUT2D eigenvalue weighted by Gasteiger charge is 2.32. The number of benzene rings is 2. The Morgan fingerprint density at radius 1 is 1.11 bits per heavy atom. The number of aryl methyl sites for hydroxylation is 1. The van der Waals surface area contributed by atoms with Gasteiger partial charge in [0.05, 0.1) is 10.9 Å². The normalized spacial score (nSPS) is 12.6. The minimum atomic E-state index is -4.89. The lowest BCUT2D eigenvalue weighted by Crippen LogP contribution is -2.39. The lowest BCUT2D eigenvalue weighted by molar-refractivity contribution is -0.274. The zero-order valence-corrected chi connectivity index (χ0v) is 21.3. The molecule has 2 aromatic heterocycles. The molecule has 1 unspecified atom stereocenters. The first-order chi connectivity index (χ1) is 17.5. The van der Waals surface area contributed by atoms with Crippen LogP contribution in [-0.2, 0) is 13.6 Å². The molecule has 0 fully saturated rings. The summed E-state index contributed by atoms with van der Waals surface area (Å²) >= 11 is 6.91. The molecule has 0 spiro atoms. The smallest absolute Gasteiger partial charge is 0.446 e. The second-order valence-corrected chi connectivity index (χ2v) is 9.61. The highest BCUT2D eigenvalue weighted by atomic mass is 35.5. The van der Waals surface area contributed by atoms with E-state index in [1.54, 1.807) is 24.3 Å². The third kappa shape index (κ3) is 5.68. The van der Waals surface area contributed by atoms with Crippen molar-refractivity contribution in [3.8, 4) is 16.6 Å². The van der Waals surface area contributed by atoms with Crippen molar-refractivity contribution in [2.45, 2.75) is 38.8 Å². The number of hydrogen-bond acceptors (Lipinski definition) is 6. The van der Waals surface area contributed by atoms with Gasteiger partial charge in [-0.05, 0) is 36.2 Å². The Hall–Kier alpha value is -3.28. The van der Waals surface area contributed by atoms with Gasteiger partial charge in [-0.1, -0.05) is 54.5 Å². The van der Waals surface area contributed by atoms with E-state index in [9.17, 15) is 27.9 Å². The number of hydrogen-bond donors (Lipinski definition) is 1. The van der Waals surface area contributed by atoms with Crippen molar-refractivity contribution in [3.05, 3.63) is 85.5 Å². The molecule has 2 heterocycles. The van der Waals surface area contributed by atoms with Crippen LogP contribution in [0.2, 0.25) is 5.02 Å². The quantitative estimate of drug-likeness (QED) is 0.289. The molecule has 0 amide bonds. The van der Waals surface area contributed by atoms with Crippen molar-refractivity contribution in [2.24, 2.45) is 7.05 Å². The fourth-order valence-corrected chi connectivity index (χ4v) is 5.11. The van der Waals surface area contributed by atoms with E-state index in [1.807, 2.05) is 6.92 Å². The maximum atomic E-state index is 13.5. The number of aromatic nitrogens is 2. The second kappa shape index (κ2) is 10.6. The largest absolute Gasteiger partial charge is 0.573 e. The zero-order chi connectivity index (χ0) is 26.9. The van der Waals surface area contributed by atoms with Gasteiger partial charge in [0.25, 0.3) is 5.56 Å². The summed E-state index contributed by atoms with van der Waals surface area (Å²) in [6, 6.07) is 11.2. The molecule has 7 nitrogen and oxygen atoms in total. The molecule has 1 N–H and O–H groups in total. The standard InChI is InChI=1S/C25H22ClF3N2O5S/c1-3-4-12-31-21(33)19-18(20(32)14-8-10-15(26)11-9-14)23(37-22(19)30(2)24(31)34)35-16-6-5-7-17(13-16)36-25(27,28)29/h5-11,13,20,32H,3-4,12H2,1-2H3. The van der Waals surface area contributed by atoms with Crippen LogP contribution in [0.15, 0.2) is 58.1 Å². The Morgan fingerprint density at radius 3 is 2.43 bits per heavy atom. The third-order valence-corrected chi connectivity index (χ3v) is 7.03. The summed E-state index contributed by atoms with van der Waals surface area (Å²) in [6.07, 6.45) is -4.91. The third-order valence-electron chi connectivity index (χ3n) is 5.62. The summed E-state index contributed by atoms with van der Waals surface area (Å²) in [5, 5.41) is 11.9. The number of unbranched alkanes of at least 4 members (excludes halogenated alkanes) is 1. The van der Waals surface area contributed by atoms with Crippen LogP contribution in [0.1, 0.15) is 37.0 Å². The first-order valence-corrected chi connectivity index (χ1v) is 12.4. The molecule has 0 radical (unpaired) electrons. The van der Waals surface area contributed by atoms with Crippen LogP contribution < -0.4 is 20.7 Å². The monoisotopic (exact) mass is 554 g/mol. The molecular weight excluding hydrogens is 533 g/mol. The predicted octanol–water partition coefficient (Wildman–Crippen LogP) is 5.99. The lowest BCUT2D eigenvalue weighted by Gasteiger charge is -2.15. The molecule has 0 saturated carbocycles. The van der Waals surface area contributed by atoms with Gasteiger partial charge < -0.3 is 14.6 Å². The van der Waals surface area contributed by atoms with E-state index in [0.29, 0.717) is 17.0 Å². The van der Waals surface area contributed by atoms with Crippen LogP contribution in [-0.4, -0.2) is 20.6 Å².